The van der Waals surface area contributed by atoms with Crippen molar-refractivity contribution in [1.82, 2.24) is 14.5 Å². The molecule has 1 aromatic heterocycles. The van der Waals surface area contributed by atoms with Gasteiger partial charge < -0.3 is 14.0 Å². The number of rotatable bonds is 7. The SMILES string of the molecule is Cc1ccccc1OCc1nc2cc(C(F)(F)F)ccc2n1CCCN1CCOCC1. The molecule has 0 aliphatic carbocycles. The van der Waals surface area contributed by atoms with Crippen molar-refractivity contribution in [1.29, 1.82) is 0 Å². The average Bonchev–Trinajstić information content (AvgIpc) is 3.10. The third-order valence-electron chi connectivity index (χ3n) is 5.56. The van der Waals surface area contributed by atoms with Crippen LogP contribution in [-0.2, 0) is 24.1 Å². The van der Waals surface area contributed by atoms with Crippen LogP contribution in [0.2, 0.25) is 0 Å². The molecule has 0 unspecified atom stereocenters. The number of imidazole rings is 1. The molecule has 0 atom stereocenters. The van der Waals surface area contributed by atoms with Crippen LogP contribution in [0.1, 0.15) is 23.4 Å². The average molecular weight is 433 g/mol. The van der Waals surface area contributed by atoms with Gasteiger partial charge in [0.15, 0.2) is 0 Å². The highest BCUT2D eigenvalue weighted by atomic mass is 19.4. The Morgan fingerprint density at radius 2 is 1.84 bits per heavy atom. The smallest absolute Gasteiger partial charge is 0.416 e. The van der Waals surface area contributed by atoms with Gasteiger partial charge in [0.1, 0.15) is 18.2 Å². The summed E-state index contributed by atoms with van der Waals surface area (Å²) >= 11 is 0. The summed E-state index contributed by atoms with van der Waals surface area (Å²) in [6.45, 7) is 7.00. The van der Waals surface area contributed by atoms with Crippen molar-refractivity contribution >= 4 is 11.0 Å². The number of hydrogen-bond donors (Lipinski definition) is 0. The summed E-state index contributed by atoms with van der Waals surface area (Å²) in [6, 6.07) is 11.4. The van der Waals surface area contributed by atoms with Crippen molar-refractivity contribution in [3.63, 3.8) is 0 Å². The fourth-order valence-electron chi connectivity index (χ4n) is 3.85. The normalized spacial score (nSPS) is 15.5. The van der Waals surface area contributed by atoms with Crippen LogP contribution >= 0.6 is 0 Å². The molecule has 1 aliphatic heterocycles. The molecule has 2 aromatic carbocycles. The highest BCUT2D eigenvalue weighted by molar-refractivity contribution is 5.77. The van der Waals surface area contributed by atoms with E-state index < -0.39 is 11.7 Å². The quantitative estimate of drug-likeness (QED) is 0.543. The van der Waals surface area contributed by atoms with Crippen molar-refractivity contribution in [2.24, 2.45) is 0 Å². The summed E-state index contributed by atoms with van der Waals surface area (Å²) < 4.78 is 52.8. The Kier molecular flexibility index (Phi) is 6.48. The molecule has 166 valence electrons. The fourth-order valence-corrected chi connectivity index (χ4v) is 3.85. The second kappa shape index (κ2) is 9.28. The molecule has 31 heavy (non-hydrogen) atoms. The van der Waals surface area contributed by atoms with Gasteiger partial charge in [-0.25, -0.2) is 4.98 Å². The lowest BCUT2D eigenvalue weighted by Crippen LogP contribution is -2.37. The summed E-state index contributed by atoms with van der Waals surface area (Å²) in [6.07, 6.45) is -3.53. The molecular formula is C23H26F3N3O2. The number of aryl methyl sites for hydroxylation is 2. The van der Waals surface area contributed by atoms with Gasteiger partial charge in [-0.2, -0.15) is 13.2 Å². The van der Waals surface area contributed by atoms with Crippen LogP contribution in [0.3, 0.4) is 0 Å². The highest BCUT2D eigenvalue weighted by Gasteiger charge is 2.31. The molecule has 0 radical (unpaired) electrons. The van der Waals surface area contributed by atoms with E-state index in [9.17, 15) is 13.2 Å². The van der Waals surface area contributed by atoms with Crippen LogP contribution in [0.5, 0.6) is 5.75 Å². The minimum Gasteiger partial charge on any atom is -0.485 e. The standard InChI is InChI=1S/C23H26F3N3O2/c1-17-5-2-3-6-21(17)31-16-22-27-19-15-18(23(24,25)26)7-8-20(19)29(22)10-4-9-28-11-13-30-14-12-28/h2-3,5-8,15H,4,9-14,16H2,1H3. The lowest BCUT2D eigenvalue weighted by atomic mass is 10.2. The maximum absolute atomic E-state index is 13.2. The first-order valence-electron chi connectivity index (χ1n) is 10.5. The minimum absolute atomic E-state index is 0.193. The molecule has 5 nitrogen and oxygen atoms in total. The first-order valence-corrected chi connectivity index (χ1v) is 10.5. The van der Waals surface area contributed by atoms with E-state index in [1.807, 2.05) is 35.8 Å². The predicted octanol–water partition coefficient (Wildman–Crippen LogP) is 4.66. The van der Waals surface area contributed by atoms with Crippen molar-refractivity contribution in [3.05, 3.63) is 59.4 Å². The van der Waals surface area contributed by atoms with Crippen LogP contribution in [-0.4, -0.2) is 47.3 Å². The highest BCUT2D eigenvalue weighted by Crippen LogP contribution is 2.32. The Hall–Kier alpha value is -2.58. The molecule has 8 heteroatoms. The summed E-state index contributed by atoms with van der Waals surface area (Å²) in [7, 11) is 0. The summed E-state index contributed by atoms with van der Waals surface area (Å²) in [5, 5.41) is 0. The topological polar surface area (TPSA) is 39.5 Å². The van der Waals surface area contributed by atoms with E-state index in [0.29, 0.717) is 23.4 Å². The van der Waals surface area contributed by atoms with E-state index in [4.69, 9.17) is 9.47 Å². The van der Waals surface area contributed by atoms with Crippen molar-refractivity contribution < 1.29 is 22.6 Å². The summed E-state index contributed by atoms with van der Waals surface area (Å²) in [5.74, 6) is 1.37. The second-order valence-electron chi connectivity index (χ2n) is 7.74. The zero-order chi connectivity index (χ0) is 21.8. The second-order valence-corrected chi connectivity index (χ2v) is 7.74. The third kappa shape index (κ3) is 5.19. The van der Waals surface area contributed by atoms with Crippen molar-refractivity contribution in [2.45, 2.75) is 32.7 Å². The number of ether oxygens (including phenoxy) is 2. The molecule has 0 saturated carbocycles. The molecule has 1 aliphatic rings. The van der Waals surface area contributed by atoms with Crippen LogP contribution in [0.25, 0.3) is 11.0 Å². The molecule has 1 fully saturated rings. The van der Waals surface area contributed by atoms with Gasteiger partial charge in [0.25, 0.3) is 0 Å². The number of aromatic nitrogens is 2. The van der Waals surface area contributed by atoms with Gasteiger partial charge in [0.05, 0.1) is 29.8 Å². The number of benzene rings is 2. The number of hydrogen-bond acceptors (Lipinski definition) is 4. The van der Waals surface area contributed by atoms with E-state index in [-0.39, 0.29) is 6.61 Å². The Morgan fingerprint density at radius 3 is 2.58 bits per heavy atom. The van der Waals surface area contributed by atoms with Gasteiger partial charge in [-0.05, 0) is 43.2 Å². The van der Waals surface area contributed by atoms with Crippen LogP contribution in [0.15, 0.2) is 42.5 Å². The zero-order valence-electron chi connectivity index (χ0n) is 17.5. The van der Waals surface area contributed by atoms with E-state index in [0.717, 1.165) is 62.7 Å². The molecule has 0 N–H and O–H groups in total. The molecule has 1 saturated heterocycles. The van der Waals surface area contributed by atoms with Gasteiger partial charge in [-0.1, -0.05) is 18.2 Å². The van der Waals surface area contributed by atoms with Crippen molar-refractivity contribution in [2.75, 3.05) is 32.8 Å². The zero-order valence-corrected chi connectivity index (χ0v) is 17.5. The van der Waals surface area contributed by atoms with Gasteiger partial charge in [0, 0.05) is 26.2 Å². The number of alkyl halides is 3. The van der Waals surface area contributed by atoms with Gasteiger partial charge in [-0.15, -0.1) is 0 Å². The Balaban J connectivity index is 1.56. The molecule has 0 spiro atoms. The van der Waals surface area contributed by atoms with Gasteiger partial charge in [-0.3, -0.25) is 4.90 Å². The van der Waals surface area contributed by atoms with Crippen LogP contribution < -0.4 is 4.74 Å². The number of fused-ring (bicyclic) bond motifs is 1. The summed E-state index contributed by atoms with van der Waals surface area (Å²) in [5.41, 5.74) is 1.34. The Morgan fingerprint density at radius 1 is 1.06 bits per heavy atom. The van der Waals surface area contributed by atoms with E-state index in [2.05, 4.69) is 9.88 Å². The third-order valence-corrected chi connectivity index (χ3v) is 5.56. The van der Waals surface area contributed by atoms with Crippen LogP contribution in [0, 0.1) is 6.92 Å². The maximum atomic E-state index is 13.2. The molecule has 0 bridgehead atoms. The molecular weight excluding hydrogens is 407 g/mol. The fraction of sp³-hybridized carbons (Fsp3) is 0.435. The molecule has 2 heterocycles. The monoisotopic (exact) mass is 433 g/mol. The molecule has 3 aromatic rings. The van der Waals surface area contributed by atoms with E-state index in [1.54, 1.807) is 0 Å². The Bertz CT molecular complexity index is 1030. The number of para-hydroxylation sites is 1. The van der Waals surface area contributed by atoms with Crippen molar-refractivity contribution in [3.8, 4) is 5.75 Å². The lowest BCUT2D eigenvalue weighted by Gasteiger charge is -2.26. The maximum Gasteiger partial charge on any atom is 0.416 e. The molecule has 4 rings (SSSR count). The van der Waals surface area contributed by atoms with Gasteiger partial charge in [0.2, 0.25) is 0 Å². The van der Waals surface area contributed by atoms with Crippen LogP contribution in [0.4, 0.5) is 13.2 Å². The first kappa shape index (κ1) is 21.6. The minimum atomic E-state index is -4.40. The summed E-state index contributed by atoms with van der Waals surface area (Å²) in [4.78, 5) is 6.84. The Labute approximate surface area is 179 Å². The number of nitrogens with zero attached hydrogens (tertiary/aromatic N) is 3. The number of morpholine rings is 1. The van der Waals surface area contributed by atoms with Gasteiger partial charge >= 0.3 is 6.18 Å². The lowest BCUT2D eigenvalue weighted by molar-refractivity contribution is -0.137. The van der Waals surface area contributed by atoms with E-state index >= 15 is 0 Å². The largest absolute Gasteiger partial charge is 0.485 e. The predicted molar refractivity (Wildman–Crippen MR) is 112 cm³/mol. The number of halogens is 3. The van der Waals surface area contributed by atoms with E-state index in [1.165, 1.54) is 6.07 Å². The molecule has 0 amide bonds. The first-order chi connectivity index (χ1) is 14.9.